The Labute approximate surface area is 176 Å². The second kappa shape index (κ2) is 7.84. The molecule has 3 aromatic heterocycles. The fourth-order valence-corrected chi connectivity index (χ4v) is 4.43. The molecule has 0 radical (unpaired) electrons. The normalized spacial score (nSPS) is 15.7. The van der Waals surface area contributed by atoms with Crippen molar-refractivity contribution in [1.29, 1.82) is 0 Å². The van der Waals surface area contributed by atoms with Crippen LogP contribution in [0.25, 0.3) is 11.7 Å². The number of aromatic nitrogens is 2. The number of rotatable bonds is 5. The van der Waals surface area contributed by atoms with Crippen LogP contribution in [-0.2, 0) is 11.3 Å². The maximum atomic E-state index is 13.2. The van der Waals surface area contributed by atoms with Gasteiger partial charge in [0, 0.05) is 12.7 Å². The van der Waals surface area contributed by atoms with Crippen LogP contribution in [0.2, 0.25) is 0 Å². The molecular formula is C20H18N4O3S2. The zero-order valence-electron chi connectivity index (χ0n) is 15.8. The average Bonchev–Trinajstić information content (AvgIpc) is 3.31. The van der Waals surface area contributed by atoms with Crippen LogP contribution in [0.3, 0.4) is 0 Å². The monoisotopic (exact) mass is 426 g/mol. The van der Waals surface area contributed by atoms with Crippen molar-refractivity contribution in [1.82, 2.24) is 14.3 Å². The van der Waals surface area contributed by atoms with E-state index in [-0.39, 0.29) is 11.5 Å². The highest BCUT2D eigenvalue weighted by molar-refractivity contribution is 8.26. The van der Waals surface area contributed by atoms with Crippen LogP contribution in [-0.4, -0.2) is 31.1 Å². The zero-order chi connectivity index (χ0) is 20.5. The molecule has 1 amide bonds. The molecule has 0 bridgehead atoms. The summed E-state index contributed by atoms with van der Waals surface area (Å²) >= 11 is 6.46. The van der Waals surface area contributed by atoms with Gasteiger partial charge in [-0.05, 0) is 43.7 Å². The van der Waals surface area contributed by atoms with Gasteiger partial charge >= 0.3 is 0 Å². The third-order valence-corrected chi connectivity index (χ3v) is 5.94. The summed E-state index contributed by atoms with van der Waals surface area (Å²) in [5, 5.41) is 3.17. The van der Waals surface area contributed by atoms with Crippen LogP contribution in [0.15, 0.2) is 50.8 Å². The number of hydrogen-bond donors (Lipinski definition) is 1. The number of aryl methyl sites for hydroxylation is 1. The summed E-state index contributed by atoms with van der Waals surface area (Å²) in [5.74, 6) is 0.899. The Bertz CT molecular complexity index is 1200. The predicted octanol–water partition coefficient (Wildman–Crippen LogP) is 3.43. The number of anilines is 1. The van der Waals surface area contributed by atoms with Crippen molar-refractivity contribution in [3.05, 3.63) is 68.9 Å². The number of likely N-dealkylation sites (N-methyl/N-ethyl adjacent to an activating group) is 1. The molecule has 4 rings (SSSR count). The first kappa shape index (κ1) is 19.4. The van der Waals surface area contributed by atoms with Crippen molar-refractivity contribution in [3.8, 4) is 0 Å². The molecule has 1 aliphatic heterocycles. The van der Waals surface area contributed by atoms with E-state index in [0.29, 0.717) is 45.1 Å². The van der Waals surface area contributed by atoms with E-state index in [9.17, 15) is 9.59 Å². The number of hydrogen-bond acceptors (Lipinski definition) is 7. The van der Waals surface area contributed by atoms with Crippen LogP contribution < -0.4 is 10.9 Å². The fourth-order valence-electron chi connectivity index (χ4n) is 3.06. The minimum absolute atomic E-state index is 0.201. The van der Waals surface area contributed by atoms with Crippen molar-refractivity contribution in [2.24, 2.45) is 0 Å². The SMILES string of the molecule is CCN1C(=O)C(=Cc2c(NCc3ccco3)nc3c(C)cccn3c2=O)SC1=S. The molecule has 0 saturated carbocycles. The van der Waals surface area contributed by atoms with Gasteiger partial charge in [0.1, 0.15) is 21.5 Å². The van der Waals surface area contributed by atoms with Crippen LogP contribution >= 0.6 is 24.0 Å². The van der Waals surface area contributed by atoms with Crippen molar-refractivity contribution in [3.63, 3.8) is 0 Å². The molecular weight excluding hydrogens is 408 g/mol. The topological polar surface area (TPSA) is 79.8 Å². The third-order valence-electron chi connectivity index (χ3n) is 4.56. The summed E-state index contributed by atoms with van der Waals surface area (Å²) < 4.78 is 7.33. The second-order valence-corrected chi connectivity index (χ2v) is 8.10. The molecule has 148 valence electrons. The minimum Gasteiger partial charge on any atom is -0.467 e. The Morgan fingerprint density at radius 2 is 2.14 bits per heavy atom. The predicted molar refractivity (Wildman–Crippen MR) is 118 cm³/mol. The molecule has 1 aliphatic rings. The largest absolute Gasteiger partial charge is 0.467 e. The quantitative estimate of drug-likeness (QED) is 0.495. The summed E-state index contributed by atoms with van der Waals surface area (Å²) in [7, 11) is 0. The number of furan rings is 1. The number of fused-ring (bicyclic) bond motifs is 1. The fraction of sp³-hybridized carbons (Fsp3) is 0.200. The van der Waals surface area contributed by atoms with Crippen LogP contribution in [0.4, 0.5) is 5.82 Å². The molecule has 0 aromatic carbocycles. The first-order valence-electron chi connectivity index (χ1n) is 9.03. The molecule has 29 heavy (non-hydrogen) atoms. The molecule has 1 fully saturated rings. The standard InChI is InChI=1S/C20H18N4O3S2/c1-3-23-19(26)15(29-20(23)28)10-14-16(21-11-13-7-5-9-27-13)22-17-12(2)6-4-8-24(17)18(14)25/h4-10,21H,3,11H2,1-2H3. The van der Waals surface area contributed by atoms with Gasteiger partial charge in [0.15, 0.2) is 0 Å². The lowest BCUT2D eigenvalue weighted by atomic mass is 10.2. The van der Waals surface area contributed by atoms with Gasteiger partial charge in [-0.25, -0.2) is 4.98 Å². The maximum Gasteiger partial charge on any atom is 0.267 e. The van der Waals surface area contributed by atoms with Crippen molar-refractivity contribution >= 4 is 51.7 Å². The number of thioether (sulfide) groups is 1. The number of nitrogens with one attached hydrogen (secondary N) is 1. The molecule has 0 spiro atoms. The first-order chi connectivity index (χ1) is 14.0. The summed E-state index contributed by atoms with van der Waals surface area (Å²) in [6, 6.07) is 7.31. The average molecular weight is 427 g/mol. The van der Waals surface area contributed by atoms with E-state index in [0.717, 1.165) is 5.56 Å². The molecule has 7 nitrogen and oxygen atoms in total. The van der Waals surface area contributed by atoms with Gasteiger partial charge < -0.3 is 9.73 Å². The molecule has 9 heteroatoms. The number of carbonyl (C=O) groups excluding carboxylic acids is 1. The molecule has 0 aliphatic carbocycles. The summed E-state index contributed by atoms with van der Waals surface area (Å²) in [5.41, 5.74) is 1.46. The molecule has 0 atom stereocenters. The molecule has 0 unspecified atom stereocenters. The van der Waals surface area contributed by atoms with Crippen LogP contribution in [0.1, 0.15) is 23.8 Å². The smallest absolute Gasteiger partial charge is 0.267 e. The van der Waals surface area contributed by atoms with E-state index in [4.69, 9.17) is 16.6 Å². The lowest BCUT2D eigenvalue weighted by molar-refractivity contribution is -0.121. The van der Waals surface area contributed by atoms with Crippen molar-refractivity contribution in [2.75, 3.05) is 11.9 Å². The Kier molecular flexibility index (Phi) is 5.25. The molecule has 1 saturated heterocycles. The number of pyridine rings is 1. The zero-order valence-corrected chi connectivity index (χ0v) is 17.5. The minimum atomic E-state index is -0.262. The molecule has 3 aromatic rings. The Morgan fingerprint density at radius 3 is 2.83 bits per heavy atom. The summed E-state index contributed by atoms with van der Waals surface area (Å²) in [6.07, 6.45) is 4.83. The van der Waals surface area contributed by atoms with Gasteiger partial charge in [0.2, 0.25) is 0 Å². The van der Waals surface area contributed by atoms with Crippen molar-refractivity contribution in [2.45, 2.75) is 20.4 Å². The van der Waals surface area contributed by atoms with E-state index in [1.165, 1.54) is 21.1 Å². The third kappa shape index (κ3) is 3.58. The van der Waals surface area contributed by atoms with E-state index >= 15 is 0 Å². The van der Waals surface area contributed by atoms with E-state index < -0.39 is 0 Å². The second-order valence-electron chi connectivity index (χ2n) is 6.42. The van der Waals surface area contributed by atoms with E-state index in [1.54, 1.807) is 30.7 Å². The number of amides is 1. The number of carbonyl (C=O) groups is 1. The molecule has 4 heterocycles. The van der Waals surface area contributed by atoms with Gasteiger partial charge in [-0.1, -0.05) is 30.0 Å². The summed E-state index contributed by atoms with van der Waals surface area (Å²) in [4.78, 5) is 32.4. The highest BCUT2D eigenvalue weighted by atomic mass is 32.2. The Morgan fingerprint density at radius 1 is 1.31 bits per heavy atom. The number of nitrogens with zero attached hydrogens (tertiary/aromatic N) is 3. The van der Waals surface area contributed by atoms with Gasteiger partial charge in [-0.15, -0.1) is 0 Å². The lowest BCUT2D eigenvalue weighted by Gasteiger charge is -2.12. The van der Waals surface area contributed by atoms with Gasteiger partial charge in [0.25, 0.3) is 11.5 Å². The molecule has 1 N–H and O–H groups in total. The van der Waals surface area contributed by atoms with Gasteiger partial charge in [-0.3, -0.25) is 18.9 Å². The maximum absolute atomic E-state index is 13.2. The number of thiocarbonyl (C=S) groups is 1. The van der Waals surface area contributed by atoms with E-state index in [2.05, 4.69) is 10.3 Å². The van der Waals surface area contributed by atoms with Crippen LogP contribution in [0, 0.1) is 6.92 Å². The summed E-state index contributed by atoms with van der Waals surface area (Å²) in [6.45, 7) is 4.60. The highest BCUT2D eigenvalue weighted by Crippen LogP contribution is 2.32. The highest BCUT2D eigenvalue weighted by Gasteiger charge is 2.31. The first-order valence-corrected chi connectivity index (χ1v) is 10.3. The van der Waals surface area contributed by atoms with Crippen molar-refractivity contribution < 1.29 is 9.21 Å². The van der Waals surface area contributed by atoms with Gasteiger partial charge in [0.05, 0.1) is 23.3 Å². The van der Waals surface area contributed by atoms with Crippen LogP contribution in [0.5, 0.6) is 0 Å². The Balaban J connectivity index is 1.84. The van der Waals surface area contributed by atoms with E-state index in [1.807, 2.05) is 26.0 Å². The van der Waals surface area contributed by atoms with Gasteiger partial charge in [-0.2, -0.15) is 0 Å². The Hall–Kier alpha value is -2.91. The lowest BCUT2D eigenvalue weighted by Crippen LogP contribution is -2.27.